The first kappa shape index (κ1) is 15.4. The number of rotatable bonds is 5. The normalized spacial score (nSPS) is 11.3. The van der Waals surface area contributed by atoms with Gasteiger partial charge in [-0.05, 0) is 25.1 Å². The lowest BCUT2D eigenvalue weighted by Gasteiger charge is -2.03. The molecule has 0 saturated carbocycles. The minimum Gasteiger partial charge on any atom is -0.384 e. The Hall–Kier alpha value is -2.97. The first-order valence-corrected chi connectivity index (χ1v) is 6.09. The number of hydrogen-bond acceptors (Lipinski definition) is 5. The van der Waals surface area contributed by atoms with Gasteiger partial charge in [0.05, 0.1) is 0 Å². The molecular weight excluding hydrogens is 298 g/mol. The van der Waals surface area contributed by atoms with Gasteiger partial charge in [-0.25, -0.2) is 8.78 Å². The number of amidine groups is 1. The first-order chi connectivity index (χ1) is 10.5. The quantitative estimate of drug-likeness (QED) is 0.495. The van der Waals surface area contributed by atoms with Crippen molar-refractivity contribution in [2.24, 2.45) is 10.9 Å². The Morgan fingerprint density at radius 1 is 1.41 bits per heavy atom. The van der Waals surface area contributed by atoms with E-state index in [4.69, 9.17) is 15.1 Å². The van der Waals surface area contributed by atoms with Gasteiger partial charge in [-0.15, -0.1) is 0 Å². The van der Waals surface area contributed by atoms with Gasteiger partial charge in [0.1, 0.15) is 5.76 Å². The molecule has 0 aliphatic heterocycles. The zero-order chi connectivity index (χ0) is 16.1. The molecule has 0 spiro atoms. The predicted molar refractivity (Wildman–Crippen MR) is 72.9 cm³/mol. The molecule has 1 heterocycles. The van der Waals surface area contributed by atoms with Gasteiger partial charge in [-0.2, -0.15) is 0 Å². The Kier molecular flexibility index (Phi) is 4.66. The van der Waals surface area contributed by atoms with Crippen LogP contribution in [0.3, 0.4) is 0 Å². The molecule has 1 amide bonds. The van der Waals surface area contributed by atoms with Crippen LogP contribution >= 0.6 is 0 Å². The van der Waals surface area contributed by atoms with Crippen molar-refractivity contribution in [3.8, 4) is 0 Å². The van der Waals surface area contributed by atoms with Crippen molar-refractivity contribution in [1.29, 1.82) is 0 Å². The molecule has 0 aliphatic carbocycles. The van der Waals surface area contributed by atoms with Crippen molar-refractivity contribution in [1.82, 2.24) is 5.16 Å². The van der Waals surface area contributed by atoms with Crippen LogP contribution in [0, 0.1) is 18.6 Å². The maximum Gasteiger partial charge on any atom is 0.266 e. The Morgan fingerprint density at radius 2 is 2.18 bits per heavy atom. The van der Waals surface area contributed by atoms with E-state index in [-0.39, 0.29) is 17.2 Å². The van der Waals surface area contributed by atoms with E-state index >= 15 is 0 Å². The summed E-state index contributed by atoms with van der Waals surface area (Å²) in [5.41, 5.74) is 5.66. The molecule has 0 unspecified atom stereocenters. The van der Waals surface area contributed by atoms with Crippen LogP contribution in [0.2, 0.25) is 0 Å². The maximum atomic E-state index is 13.0. The van der Waals surface area contributed by atoms with Crippen LogP contribution in [0.4, 0.5) is 14.6 Å². The van der Waals surface area contributed by atoms with E-state index in [2.05, 4.69) is 15.6 Å². The minimum absolute atomic E-state index is 0.131. The van der Waals surface area contributed by atoms with Crippen LogP contribution < -0.4 is 11.1 Å². The van der Waals surface area contributed by atoms with Crippen molar-refractivity contribution in [3.05, 3.63) is 47.2 Å². The zero-order valence-electron chi connectivity index (χ0n) is 11.5. The number of nitrogens with one attached hydrogen (secondary N) is 1. The lowest BCUT2D eigenvalue weighted by Crippen LogP contribution is -2.19. The van der Waals surface area contributed by atoms with Crippen molar-refractivity contribution < 1.29 is 22.9 Å². The summed E-state index contributed by atoms with van der Waals surface area (Å²) < 4.78 is 30.6. The first-order valence-electron chi connectivity index (χ1n) is 6.09. The van der Waals surface area contributed by atoms with Crippen LogP contribution in [-0.4, -0.2) is 23.5 Å². The molecule has 0 aliphatic rings. The molecule has 9 heteroatoms. The van der Waals surface area contributed by atoms with Gasteiger partial charge in [-0.1, -0.05) is 10.3 Å². The lowest BCUT2D eigenvalue weighted by atomic mass is 10.2. The maximum absolute atomic E-state index is 13.0. The zero-order valence-corrected chi connectivity index (χ0v) is 11.5. The van der Waals surface area contributed by atoms with Gasteiger partial charge in [-0.3, -0.25) is 4.79 Å². The summed E-state index contributed by atoms with van der Waals surface area (Å²) >= 11 is 0. The monoisotopic (exact) mass is 310 g/mol. The minimum atomic E-state index is -1.06. The third kappa shape index (κ3) is 4.01. The molecule has 3 N–H and O–H groups in total. The van der Waals surface area contributed by atoms with Crippen molar-refractivity contribution in [2.75, 3.05) is 11.9 Å². The van der Waals surface area contributed by atoms with E-state index in [1.165, 1.54) is 12.1 Å². The third-order valence-electron chi connectivity index (χ3n) is 2.47. The van der Waals surface area contributed by atoms with Gasteiger partial charge in [0.2, 0.25) is 0 Å². The number of amides is 1. The summed E-state index contributed by atoms with van der Waals surface area (Å²) in [5.74, 6) is -2.01. The second-order valence-corrected chi connectivity index (χ2v) is 4.25. The molecule has 2 rings (SSSR count). The summed E-state index contributed by atoms with van der Waals surface area (Å²) in [6, 6.07) is 4.54. The number of nitrogens with two attached hydrogens (primary N) is 1. The Balaban J connectivity index is 1.88. The topological polar surface area (TPSA) is 103 Å². The van der Waals surface area contributed by atoms with Crippen molar-refractivity contribution in [3.63, 3.8) is 0 Å². The van der Waals surface area contributed by atoms with E-state index in [1.54, 1.807) is 6.92 Å². The summed E-state index contributed by atoms with van der Waals surface area (Å²) in [5, 5.41) is 9.42. The summed E-state index contributed by atoms with van der Waals surface area (Å²) in [7, 11) is 0. The average Bonchev–Trinajstić information content (AvgIpc) is 2.86. The molecule has 116 valence electrons. The second kappa shape index (κ2) is 6.66. The Bertz CT molecular complexity index is 715. The van der Waals surface area contributed by atoms with Gasteiger partial charge < -0.3 is 20.4 Å². The number of hydrogen-bond donors (Lipinski definition) is 2. The number of benzene rings is 1. The molecular formula is C13H12F2N4O3. The smallest absolute Gasteiger partial charge is 0.266 e. The van der Waals surface area contributed by atoms with E-state index in [1.807, 2.05) is 0 Å². The van der Waals surface area contributed by atoms with Crippen LogP contribution in [0.15, 0.2) is 33.9 Å². The molecule has 0 atom stereocenters. The summed E-state index contributed by atoms with van der Waals surface area (Å²) in [6.07, 6.45) is 0. The van der Waals surface area contributed by atoms with Crippen molar-refractivity contribution in [2.45, 2.75) is 6.92 Å². The average molecular weight is 310 g/mol. The van der Waals surface area contributed by atoms with E-state index in [9.17, 15) is 13.6 Å². The van der Waals surface area contributed by atoms with E-state index in [0.29, 0.717) is 5.76 Å². The standard InChI is InChI=1S/C13H12F2N4O3/c1-7-4-11(18-22-7)17-12(20)6-21-19-13(16)8-2-3-9(14)10(15)5-8/h2-5H,6H2,1H3,(H2,16,19)(H,17,18,20). The van der Waals surface area contributed by atoms with E-state index in [0.717, 1.165) is 12.1 Å². The van der Waals surface area contributed by atoms with Gasteiger partial charge >= 0.3 is 0 Å². The molecule has 22 heavy (non-hydrogen) atoms. The molecule has 1 aromatic heterocycles. The fourth-order valence-corrected chi connectivity index (χ4v) is 1.47. The van der Waals surface area contributed by atoms with Gasteiger partial charge in [0.15, 0.2) is 29.9 Å². The molecule has 1 aromatic carbocycles. The van der Waals surface area contributed by atoms with Gasteiger partial charge in [0, 0.05) is 11.6 Å². The predicted octanol–water partition coefficient (Wildman–Crippen LogP) is 1.54. The molecule has 0 saturated heterocycles. The largest absolute Gasteiger partial charge is 0.384 e. The van der Waals surface area contributed by atoms with Crippen LogP contribution in [0.1, 0.15) is 11.3 Å². The SMILES string of the molecule is Cc1cc(NC(=O)CON=C(N)c2ccc(F)c(F)c2)no1. The highest BCUT2D eigenvalue weighted by molar-refractivity contribution is 5.97. The third-order valence-corrected chi connectivity index (χ3v) is 2.47. The molecule has 0 fully saturated rings. The van der Waals surface area contributed by atoms with Gasteiger partial charge in [0.25, 0.3) is 5.91 Å². The van der Waals surface area contributed by atoms with Crippen LogP contribution in [-0.2, 0) is 9.63 Å². The number of aromatic nitrogens is 1. The van der Waals surface area contributed by atoms with Crippen molar-refractivity contribution >= 4 is 17.6 Å². The fraction of sp³-hybridized carbons (Fsp3) is 0.154. The highest BCUT2D eigenvalue weighted by Gasteiger charge is 2.08. The fourth-order valence-electron chi connectivity index (χ4n) is 1.47. The highest BCUT2D eigenvalue weighted by atomic mass is 19.2. The summed E-state index contributed by atoms with van der Waals surface area (Å²) in [6.45, 7) is 1.24. The number of nitrogens with zero attached hydrogens (tertiary/aromatic N) is 2. The number of carbonyl (C=O) groups excluding carboxylic acids is 1. The highest BCUT2D eigenvalue weighted by Crippen LogP contribution is 2.09. The number of aryl methyl sites for hydroxylation is 1. The number of oxime groups is 1. The van der Waals surface area contributed by atoms with Crippen LogP contribution in [0.25, 0.3) is 0 Å². The molecule has 0 bridgehead atoms. The number of carbonyl (C=O) groups is 1. The Labute approximate surface area is 123 Å². The second-order valence-electron chi connectivity index (χ2n) is 4.25. The lowest BCUT2D eigenvalue weighted by molar-refractivity contribution is -0.120. The van der Waals surface area contributed by atoms with Crippen LogP contribution in [0.5, 0.6) is 0 Å². The molecule has 2 aromatic rings. The molecule has 0 radical (unpaired) electrons. The Morgan fingerprint density at radius 3 is 2.82 bits per heavy atom. The molecule has 7 nitrogen and oxygen atoms in total. The van der Waals surface area contributed by atoms with E-state index < -0.39 is 24.1 Å². The number of anilines is 1. The summed E-state index contributed by atoms with van der Waals surface area (Å²) in [4.78, 5) is 16.2. The number of halogens is 2.